The van der Waals surface area contributed by atoms with Crippen LogP contribution >= 0.6 is 0 Å². The summed E-state index contributed by atoms with van der Waals surface area (Å²) < 4.78 is 0. The largest absolute Gasteiger partial charge is 0.478 e. The molecule has 1 rings (SSSR count). The number of hydroxylamine groups is 2. The molecule has 4 heteroatoms. The molecule has 0 aromatic carbocycles. The van der Waals surface area contributed by atoms with Gasteiger partial charge in [0.1, 0.15) is 6.26 Å². The molecule has 1 aliphatic heterocycles. The summed E-state index contributed by atoms with van der Waals surface area (Å²) in [6.07, 6.45) is 4.60. The van der Waals surface area contributed by atoms with Crippen LogP contribution in [0, 0.1) is 0 Å². The molecule has 0 radical (unpaired) electrons. The van der Waals surface area contributed by atoms with Gasteiger partial charge in [0.25, 0.3) is 0 Å². The first-order valence-corrected chi connectivity index (χ1v) is 6.04. The Morgan fingerprint density at radius 3 is 2.12 bits per heavy atom. The van der Waals surface area contributed by atoms with Gasteiger partial charge in [0, 0.05) is 0 Å². The number of carboxylic acids is 1. The van der Waals surface area contributed by atoms with Gasteiger partial charge < -0.3 is 9.94 Å². The summed E-state index contributed by atoms with van der Waals surface area (Å²) >= 11 is 0. The summed E-state index contributed by atoms with van der Waals surface area (Å²) in [6, 6.07) is 0. The van der Waals surface area contributed by atoms with Crippen LogP contribution in [-0.4, -0.2) is 27.2 Å². The molecule has 4 nitrogen and oxygen atoms in total. The molecule has 0 aliphatic carbocycles. The highest BCUT2D eigenvalue weighted by atomic mass is 16.7. The van der Waals surface area contributed by atoms with Crippen LogP contribution in [0.2, 0.25) is 0 Å². The van der Waals surface area contributed by atoms with Crippen LogP contribution in [0.25, 0.3) is 0 Å². The third-order valence-electron chi connectivity index (χ3n) is 3.35. The highest BCUT2D eigenvalue weighted by Crippen LogP contribution is 2.38. The highest BCUT2D eigenvalue weighted by molar-refractivity contribution is 5.85. The van der Waals surface area contributed by atoms with E-state index >= 15 is 0 Å². The molecule has 0 amide bonds. The summed E-state index contributed by atoms with van der Waals surface area (Å²) in [5, 5.41) is 10.7. The zero-order valence-corrected chi connectivity index (χ0v) is 11.4. The van der Waals surface area contributed by atoms with Gasteiger partial charge in [-0.1, -0.05) is 0 Å². The van der Waals surface area contributed by atoms with Crippen LogP contribution in [0.15, 0.2) is 11.8 Å². The van der Waals surface area contributed by atoms with E-state index in [1.807, 2.05) is 5.06 Å². The van der Waals surface area contributed by atoms with E-state index in [9.17, 15) is 4.79 Å². The fourth-order valence-electron chi connectivity index (χ4n) is 2.44. The van der Waals surface area contributed by atoms with Gasteiger partial charge in [0.15, 0.2) is 0 Å². The van der Waals surface area contributed by atoms with E-state index in [0.29, 0.717) is 0 Å². The standard InChI is InChI=1S/C13H23NO3/c1-10(11(15)16)9-17-14-12(2,3)7-6-8-13(14,4)5/h9H,6-8H2,1-5H3,(H,15,16)/b10-9+. The van der Waals surface area contributed by atoms with Crippen LogP contribution in [0.5, 0.6) is 0 Å². The predicted molar refractivity (Wildman–Crippen MR) is 66.3 cm³/mol. The minimum Gasteiger partial charge on any atom is -0.478 e. The van der Waals surface area contributed by atoms with E-state index in [-0.39, 0.29) is 16.7 Å². The molecular formula is C13H23NO3. The molecule has 1 fully saturated rings. The number of hydrogen-bond acceptors (Lipinski definition) is 3. The van der Waals surface area contributed by atoms with E-state index < -0.39 is 5.97 Å². The van der Waals surface area contributed by atoms with E-state index in [1.165, 1.54) is 19.6 Å². The van der Waals surface area contributed by atoms with Crippen molar-refractivity contribution in [1.29, 1.82) is 0 Å². The molecule has 17 heavy (non-hydrogen) atoms. The molecule has 1 saturated heterocycles. The second-order valence-corrected chi connectivity index (χ2v) is 5.98. The Bertz CT molecular complexity index is 316. The van der Waals surface area contributed by atoms with Gasteiger partial charge in [-0.3, -0.25) is 0 Å². The molecule has 0 aromatic heterocycles. The summed E-state index contributed by atoms with van der Waals surface area (Å²) in [5.41, 5.74) is 0.0656. The number of hydrogen-bond donors (Lipinski definition) is 1. The Morgan fingerprint density at radius 1 is 1.24 bits per heavy atom. The van der Waals surface area contributed by atoms with Gasteiger partial charge in [0.2, 0.25) is 0 Å². The van der Waals surface area contributed by atoms with Crippen molar-refractivity contribution in [3.8, 4) is 0 Å². The second-order valence-electron chi connectivity index (χ2n) is 5.98. The molecular weight excluding hydrogens is 218 g/mol. The molecule has 1 aliphatic rings. The second kappa shape index (κ2) is 4.69. The van der Waals surface area contributed by atoms with Gasteiger partial charge in [-0.25, -0.2) is 4.79 Å². The monoisotopic (exact) mass is 241 g/mol. The van der Waals surface area contributed by atoms with E-state index in [0.717, 1.165) is 12.8 Å². The lowest BCUT2D eigenvalue weighted by atomic mass is 9.82. The third kappa shape index (κ3) is 3.22. The van der Waals surface area contributed by atoms with Crippen molar-refractivity contribution in [3.05, 3.63) is 11.8 Å². The zero-order valence-electron chi connectivity index (χ0n) is 11.4. The number of aliphatic carboxylic acids is 1. The Balaban J connectivity index is 2.84. The van der Waals surface area contributed by atoms with Gasteiger partial charge >= 0.3 is 5.97 Å². The summed E-state index contributed by atoms with van der Waals surface area (Å²) in [6.45, 7) is 10.0. The number of carboxylic acid groups (broad SMARTS) is 1. The molecule has 0 saturated carbocycles. The normalized spacial score (nSPS) is 24.4. The smallest absolute Gasteiger partial charge is 0.334 e. The fraction of sp³-hybridized carbons (Fsp3) is 0.769. The zero-order chi connectivity index (χ0) is 13.3. The van der Waals surface area contributed by atoms with Crippen molar-refractivity contribution in [2.24, 2.45) is 0 Å². The maximum Gasteiger partial charge on any atom is 0.334 e. The topological polar surface area (TPSA) is 49.8 Å². The van der Waals surface area contributed by atoms with Crippen LogP contribution < -0.4 is 0 Å². The van der Waals surface area contributed by atoms with Gasteiger partial charge in [-0.05, 0) is 53.9 Å². The molecule has 0 spiro atoms. The van der Waals surface area contributed by atoms with Crippen molar-refractivity contribution >= 4 is 5.97 Å². The predicted octanol–water partition coefficient (Wildman–Crippen LogP) is 2.95. The van der Waals surface area contributed by atoms with Crippen molar-refractivity contribution in [3.63, 3.8) is 0 Å². The Hall–Kier alpha value is -1.03. The molecule has 1 N–H and O–H groups in total. The van der Waals surface area contributed by atoms with Crippen LogP contribution in [0.4, 0.5) is 0 Å². The van der Waals surface area contributed by atoms with Crippen molar-refractivity contribution in [2.45, 2.75) is 65.0 Å². The summed E-state index contributed by atoms with van der Waals surface area (Å²) in [5.74, 6) is -0.947. The van der Waals surface area contributed by atoms with E-state index in [1.54, 1.807) is 0 Å². The third-order valence-corrected chi connectivity index (χ3v) is 3.35. The van der Waals surface area contributed by atoms with Crippen molar-refractivity contribution < 1.29 is 14.7 Å². The van der Waals surface area contributed by atoms with Crippen LogP contribution in [0.1, 0.15) is 53.9 Å². The molecule has 0 bridgehead atoms. The maximum absolute atomic E-state index is 10.7. The van der Waals surface area contributed by atoms with Crippen LogP contribution in [0.3, 0.4) is 0 Å². The lowest BCUT2D eigenvalue weighted by Crippen LogP contribution is -2.57. The SMILES string of the molecule is C/C(=C\ON1C(C)(C)CCCC1(C)C)C(=O)O. The van der Waals surface area contributed by atoms with E-state index in [2.05, 4.69) is 27.7 Å². The first-order chi connectivity index (χ1) is 7.67. The lowest BCUT2D eigenvalue weighted by molar-refractivity contribution is -0.246. The minimum atomic E-state index is -0.947. The van der Waals surface area contributed by atoms with Gasteiger partial charge in [-0.15, -0.1) is 5.06 Å². The first kappa shape index (κ1) is 14.0. The Labute approximate surface area is 103 Å². The molecule has 0 unspecified atom stereocenters. The van der Waals surface area contributed by atoms with Gasteiger partial charge in [-0.2, -0.15) is 0 Å². The molecule has 0 atom stereocenters. The minimum absolute atomic E-state index is 0.0724. The molecule has 0 aromatic rings. The maximum atomic E-state index is 10.7. The van der Waals surface area contributed by atoms with Crippen molar-refractivity contribution in [2.75, 3.05) is 0 Å². The van der Waals surface area contributed by atoms with Gasteiger partial charge in [0.05, 0.1) is 16.7 Å². The fourth-order valence-corrected chi connectivity index (χ4v) is 2.44. The Morgan fingerprint density at radius 2 is 1.71 bits per heavy atom. The summed E-state index contributed by atoms with van der Waals surface area (Å²) in [4.78, 5) is 16.4. The number of piperidine rings is 1. The first-order valence-electron chi connectivity index (χ1n) is 6.04. The summed E-state index contributed by atoms with van der Waals surface area (Å²) in [7, 11) is 0. The average Bonchev–Trinajstić information content (AvgIpc) is 2.14. The molecule has 1 heterocycles. The van der Waals surface area contributed by atoms with E-state index in [4.69, 9.17) is 9.94 Å². The average molecular weight is 241 g/mol. The number of rotatable bonds is 3. The van der Waals surface area contributed by atoms with Crippen LogP contribution in [-0.2, 0) is 9.63 Å². The Kier molecular flexibility index (Phi) is 3.87. The quantitative estimate of drug-likeness (QED) is 0.609. The number of carbonyl (C=O) groups is 1. The highest BCUT2D eigenvalue weighted by Gasteiger charge is 2.43. The number of nitrogens with zero attached hydrogens (tertiary/aromatic N) is 1. The van der Waals surface area contributed by atoms with Crippen molar-refractivity contribution in [1.82, 2.24) is 5.06 Å². The molecule has 98 valence electrons. The lowest BCUT2D eigenvalue weighted by Gasteiger charge is -2.50.